The summed E-state index contributed by atoms with van der Waals surface area (Å²) in [6.07, 6.45) is 2.91. The molecule has 178 valence electrons. The summed E-state index contributed by atoms with van der Waals surface area (Å²) in [7, 11) is 0. The number of likely N-dealkylation sites (tertiary alicyclic amines) is 1. The second-order valence-corrected chi connectivity index (χ2v) is 8.91. The third-order valence-electron chi connectivity index (χ3n) is 6.12. The van der Waals surface area contributed by atoms with Crippen LogP contribution in [0.15, 0.2) is 42.5 Å². The Balaban J connectivity index is 1.40. The van der Waals surface area contributed by atoms with Gasteiger partial charge in [-0.2, -0.15) is 0 Å². The SMILES string of the molecule is C[C@@H]1CCCN1C[C@](N)(Cc1ccc2c(c1)OCCO2)NC(=O)CCOc1ccc(O)cc1. The number of ether oxygens (including phenoxy) is 3. The van der Waals surface area contributed by atoms with Gasteiger partial charge in [0.2, 0.25) is 5.91 Å². The van der Waals surface area contributed by atoms with E-state index in [4.69, 9.17) is 19.9 Å². The van der Waals surface area contributed by atoms with Crippen molar-refractivity contribution in [3.8, 4) is 23.0 Å². The maximum atomic E-state index is 12.8. The number of phenolic OH excluding ortho intramolecular Hbond substituents is 1. The number of nitrogens with zero attached hydrogens (tertiary/aromatic N) is 1. The summed E-state index contributed by atoms with van der Waals surface area (Å²) in [4.78, 5) is 15.1. The molecule has 0 bridgehead atoms. The van der Waals surface area contributed by atoms with E-state index in [-0.39, 0.29) is 24.7 Å². The van der Waals surface area contributed by atoms with Gasteiger partial charge in [-0.1, -0.05) is 6.07 Å². The van der Waals surface area contributed by atoms with Crippen LogP contribution >= 0.6 is 0 Å². The molecule has 33 heavy (non-hydrogen) atoms. The van der Waals surface area contributed by atoms with Crippen LogP contribution in [0.3, 0.4) is 0 Å². The summed E-state index contributed by atoms with van der Waals surface area (Å²) in [6, 6.07) is 12.7. The number of benzene rings is 2. The quantitative estimate of drug-likeness (QED) is 0.499. The number of rotatable bonds is 9. The number of hydrogen-bond acceptors (Lipinski definition) is 7. The van der Waals surface area contributed by atoms with Crippen LogP contribution in [0.25, 0.3) is 0 Å². The monoisotopic (exact) mass is 455 g/mol. The lowest BCUT2D eigenvalue weighted by atomic mass is 9.98. The molecule has 0 spiro atoms. The van der Waals surface area contributed by atoms with Crippen molar-refractivity contribution in [2.45, 2.75) is 44.3 Å². The molecule has 2 aromatic carbocycles. The minimum absolute atomic E-state index is 0.166. The zero-order valence-corrected chi connectivity index (χ0v) is 19.1. The first-order chi connectivity index (χ1) is 15.9. The van der Waals surface area contributed by atoms with Crippen molar-refractivity contribution in [1.29, 1.82) is 0 Å². The van der Waals surface area contributed by atoms with E-state index >= 15 is 0 Å². The zero-order valence-electron chi connectivity index (χ0n) is 19.1. The fraction of sp³-hybridized carbons (Fsp3) is 0.480. The molecule has 0 saturated carbocycles. The molecule has 2 aliphatic rings. The molecule has 0 aliphatic carbocycles. The number of hydrogen-bond donors (Lipinski definition) is 3. The van der Waals surface area contributed by atoms with E-state index < -0.39 is 5.66 Å². The van der Waals surface area contributed by atoms with E-state index in [0.717, 1.165) is 30.7 Å². The number of nitrogens with two attached hydrogens (primary N) is 1. The lowest BCUT2D eigenvalue weighted by Gasteiger charge is -2.36. The maximum absolute atomic E-state index is 12.8. The average Bonchev–Trinajstić information content (AvgIpc) is 3.18. The number of fused-ring (bicyclic) bond motifs is 1. The number of amides is 1. The molecule has 0 unspecified atom stereocenters. The van der Waals surface area contributed by atoms with E-state index in [0.29, 0.717) is 43.7 Å². The molecule has 0 aromatic heterocycles. The molecule has 1 fully saturated rings. The van der Waals surface area contributed by atoms with Gasteiger partial charge in [0, 0.05) is 19.0 Å². The first-order valence-corrected chi connectivity index (χ1v) is 11.5. The molecule has 2 atom stereocenters. The Bertz CT molecular complexity index is 952. The van der Waals surface area contributed by atoms with Crippen molar-refractivity contribution in [2.75, 3.05) is 32.9 Å². The Hall–Kier alpha value is -2.97. The van der Waals surface area contributed by atoms with E-state index in [1.54, 1.807) is 24.3 Å². The van der Waals surface area contributed by atoms with Gasteiger partial charge in [0.25, 0.3) is 0 Å². The summed E-state index contributed by atoms with van der Waals surface area (Å²) in [5, 5.41) is 12.4. The molecule has 2 heterocycles. The lowest BCUT2D eigenvalue weighted by molar-refractivity contribution is -0.123. The van der Waals surface area contributed by atoms with Crippen molar-refractivity contribution in [2.24, 2.45) is 5.73 Å². The standard InChI is InChI=1S/C25H33N3O5/c1-18-3-2-11-28(18)17-25(26,16-19-4-9-22-23(15-19)33-14-13-32-22)27-24(30)10-12-31-21-7-5-20(29)6-8-21/h4-9,15,18,29H,2-3,10-14,16-17,26H2,1H3,(H,27,30)/t18-,25+/m1/s1. The first kappa shape index (κ1) is 23.2. The van der Waals surface area contributed by atoms with Gasteiger partial charge in [0.05, 0.1) is 13.0 Å². The molecule has 8 nitrogen and oxygen atoms in total. The molecule has 0 radical (unpaired) electrons. The molecule has 2 aliphatic heterocycles. The zero-order chi connectivity index (χ0) is 23.3. The minimum Gasteiger partial charge on any atom is -0.508 e. The van der Waals surface area contributed by atoms with Gasteiger partial charge in [-0.3, -0.25) is 9.69 Å². The van der Waals surface area contributed by atoms with Crippen LogP contribution in [-0.2, 0) is 11.2 Å². The highest BCUT2D eigenvalue weighted by Gasteiger charge is 2.33. The minimum atomic E-state index is -0.933. The van der Waals surface area contributed by atoms with Gasteiger partial charge in [-0.05, 0) is 68.3 Å². The van der Waals surface area contributed by atoms with E-state index in [9.17, 15) is 9.90 Å². The van der Waals surface area contributed by atoms with E-state index in [2.05, 4.69) is 17.1 Å². The van der Waals surface area contributed by atoms with Crippen molar-refractivity contribution < 1.29 is 24.1 Å². The predicted octanol–water partition coefficient (Wildman–Crippen LogP) is 2.43. The van der Waals surface area contributed by atoms with Crippen LogP contribution in [0.1, 0.15) is 31.7 Å². The van der Waals surface area contributed by atoms with Crippen LogP contribution < -0.4 is 25.3 Å². The summed E-state index contributed by atoms with van der Waals surface area (Å²) in [5.41, 5.74) is 6.88. The van der Waals surface area contributed by atoms with Gasteiger partial charge in [0.15, 0.2) is 11.5 Å². The van der Waals surface area contributed by atoms with Gasteiger partial charge >= 0.3 is 0 Å². The van der Waals surface area contributed by atoms with Crippen molar-refractivity contribution in [3.63, 3.8) is 0 Å². The van der Waals surface area contributed by atoms with Crippen LogP contribution in [0.4, 0.5) is 0 Å². The number of aromatic hydroxyl groups is 1. The Morgan fingerprint density at radius 3 is 2.70 bits per heavy atom. The Labute approximate surface area is 194 Å². The predicted molar refractivity (Wildman–Crippen MR) is 125 cm³/mol. The normalized spacial score (nSPS) is 19.6. The molecular weight excluding hydrogens is 422 g/mol. The first-order valence-electron chi connectivity index (χ1n) is 11.5. The Morgan fingerprint density at radius 1 is 1.21 bits per heavy atom. The fourth-order valence-electron chi connectivity index (χ4n) is 4.44. The summed E-state index contributed by atoms with van der Waals surface area (Å²) in [6.45, 7) is 5.02. The third kappa shape index (κ3) is 6.30. The van der Waals surface area contributed by atoms with Crippen LogP contribution in [0.2, 0.25) is 0 Å². The highest BCUT2D eigenvalue weighted by Crippen LogP contribution is 2.32. The summed E-state index contributed by atoms with van der Waals surface area (Å²) < 4.78 is 17.0. The number of carbonyl (C=O) groups excluding carboxylic acids is 1. The summed E-state index contributed by atoms with van der Waals surface area (Å²) in [5.74, 6) is 2.05. The molecule has 8 heteroatoms. The van der Waals surface area contributed by atoms with Crippen LogP contribution in [0, 0.1) is 0 Å². The number of phenols is 1. The van der Waals surface area contributed by atoms with Crippen LogP contribution in [-0.4, -0.2) is 60.5 Å². The second-order valence-electron chi connectivity index (χ2n) is 8.91. The maximum Gasteiger partial charge on any atom is 0.224 e. The molecule has 1 amide bonds. The van der Waals surface area contributed by atoms with Gasteiger partial charge in [-0.15, -0.1) is 0 Å². The van der Waals surface area contributed by atoms with Crippen molar-refractivity contribution in [1.82, 2.24) is 10.2 Å². The number of carbonyl (C=O) groups is 1. The van der Waals surface area contributed by atoms with Gasteiger partial charge < -0.3 is 30.4 Å². The fourth-order valence-corrected chi connectivity index (χ4v) is 4.44. The van der Waals surface area contributed by atoms with Crippen molar-refractivity contribution >= 4 is 5.91 Å². The molecule has 4 rings (SSSR count). The van der Waals surface area contributed by atoms with Crippen molar-refractivity contribution in [3.05, 3.63) is 48.0 Å². The Morgan fingerprint density at radius 2 is 1.97 bits per heavy atom. The third-order valence-corrected chi connectivity index (χ3v) is 6.12. The smallest absolute Gasteiger partial charge is 0.224 e. The van der Waals surface area contributed by atoms with E-state index in [1.807, 2.05) is 18.2 Å². The summed E-state index contributed by atoms with van der Waals surface area (Å²) >= 11 is 0. The molecule has 2 aromatic rings. The molecule has 1 saturated heterocycles. The van der Waals surface area contributed by atoms with E-state index in [1.165, 1.54) is 0 Å². The van der Waals surface area contributed by atoms with Crippen LogP contribution in [0.5, 0.6) is 23.0 Å². The second kappa shape index (κ2) is 10.3. The van der Waals surface area contributed by atoms with Gasteiger partial charge in [0.1, 0.15) is 30.4 Å². The molecular formula is C25H33N3O5. The lowest BCUT2D eigenvalue weighted by Crippen LogP contribution is -2.63. The number of nitrogens with one attached hydrogen (secondary N) is 1. The molecule has 4 N–H and O–H groups in total. The van der Waals surface area contributed by atoms with Gasteiger partial charge in [-0.25, -0.2) is 0 Å². The average molecular weight is 456 g/mol. The Kier molecular flexibility index (Phi) is 7.25. The highest BCUT2D eigenvalue weighted by atomic mass is 16.6. The largest absolute Gasteiger partial charge is 0.508 e. The highest BCUT2D eigenvalue weighted by molar-refractivity contribution is 5.77. The topological polar surface area (TPSA) is 106 Å².